The maximum absolute atomic E-state index is 11.5. The Morgan fingerprint density at radius 2 is 1.53 bits per heavy atom. The maximum atomic E-state index is 11.5. The first-order chi connectivity index (χ1) is 16.6. The Morgan fingerprint density at radius 3 is 2.24 bits per heavy atom. The summed E-state index contributed by atoms with van der Waals surface area (Å²) in [6, 6.07) is 22.3. The molecular weight excluding hydrogens is 448 g/mol. The van der Waals surface area contributed by atoms with Gasteiger partial charge in [0.25, 0.3) is 0 Å². The predicted molar refractivity (Wildman–Crippen MR) is 134 cm³/mol. The molecule has 2 aromatic carbocycles. The molecule has 0 bridgehead atoms. The number of imidazole rings is 1. The van der Waals surface area contributed by atoms with E-state index in [2.05, 4.69) is 39.8 Å². The highest BCUT2D eigenvalue weighted by molar-refractivity contribution is 6.30. The molecule has 1 aliphatic heterocycles. The number of benzene rings is 2. The van der Waals surface area contributed by atoms with Crippen LogP contribution < -0.4 is 0 Å². The molecule has 0 atom stereocenters. The summed E-state index contributed by atoms with van der Waals surface area (Å²) in [6.07, 6.45) is 2.57. The second-order valence-corrected chi connectivity index (χ2v) is 9.00. The van der Waals surface area contributed by atoms with Gasteiger partial charge >= 0.3 is 0 Å². The normalized spacial score (nSPS) is 15.0. The van der Waals surface area contributed by atoms with Crippen molar-refractivity contribution in [2.75, 3.05) is 32.7 Å². The molecule has 0 N–H and O–H groups in total. The molecule has 7 heteroatoms. The summed E-state index contributed by atoms with van der Waals surface area (Å²) in [5.41, 5.74) is 6.28. The van der Waals surface area contributed by atoms with Crippen LogP contribution in [0.25, 0.3) is 28.0 Å². The van der Waals surface area contributed by atoms with Crippen LogP contribution in [0, 0.1) is 0 Å². The van der Waals surface area contributed by atoms with E-state index in [4.69, 9.17) is 16.6 Å². The minimum Gasteiger partial charge on any atom is -0.301 e. The number of carbonyl (C=O) groups is 2. The zero-order valence-electron chi connectivity index (χ0n) is 18.7. The van der Waals surface area contributed by atoms with Crippen LogP contribution in [0.5, 0.6) is 0 Å². The molecular formula is C27H25ClN4O2. The number of fused-ring (bicyclic) bond motifs is 1. The fourth-order valence-electron chi connectivity index (χ4n) is 4.46. The smallest absolute Gasteiger partial charge is 0.209 e. The minimum absolute atomic E-state index is 0.198. The molecule has 1 aliphatic rings. The molecule has 0 aliphatic carbocycles. The number of Topliss-reactive ketones (excluding diaryl/α,β-unsaturated/α-hetero) is 1. The number of piperazine rings is 1. The first kappa shape index (κ1) is 22.5. The third-order valence-electron chi connectivity index (χ3n) is 6.29. The van der Waals surface area contributed by atoms with Gasteiger partial charge < -0.3 is 4.40 Å². The zero-order valence-corrected chi connectivity index (χ0v) is 19.5. The molecule has 172 valence electrons. The second-order valence-electron chi connectivity index (χ2n) is 8.56. The van der Waals surface area contributed by atoms with Crippen LogP contribution in [0.1, 0.15) is 5.69 Å². The van der Waals surface area contributed by atoms with Gasteiger partial charge in [0, 0.05) is 49.5 Å². The van der Waals surface area contributed by atoms with Crippen LogP contribution in [0.2, 0.25) is 5.02 Å². The lowest BCUT2D eigenvalue weighted by Gasteiger charge is -2.34. The highest BCUT2D eigenvalue weighted by Crippen LogP contribution is 2.29. The fraction of sp³-hybridized carbons (Fsp3) is 0.222. The number of aromatic nitrogens is 2. The van der Waals surface area contributed by atoms with Crippen molar-refractivity contribution in [3.8, 4) is 22.4 Å². The van der Waals surface area contributed by atoms with Crippen molar-refractivity contribution in [3.05, 3.63) is 83.6 Å². The number of carbonyl (C=O) groups excluding carboxylic acids is 2. The SMILES string of the molecule is O=CC(=O)CN1CCN(Cc2c(-c3ccc(Cl)cc3)nc3ccc(-c4ccccc4)cn23)CC1. The second kappa shape index (κ2) is 9.89. The molecule has 5 rings (SSSR count). The van der Waals surface area contributed by atoms with E-state index in [1.165, 1.54) is 0 Å². The van der Waals surface area contributed by atoms with Crippen molar-refractivity contribution >= 4 is 29.3 Å². The quantitative estimate of drug-likeness (QED) is 0.298. The van der Waals surface area contributed by atoms with Crippen molar-refractivity contribution in [3.63, 3.8) is 0 Å². The zero-order chi connectivity index (χ0) is 23.5. The number of hydrogen-bond donors (Lipinski definition) is 0. The van der Waals surface area contributed by atoms with Gasteiger partial charge in [-0.1, -0.05) is 54.1 Å². The summed E-state index contributed by atoms with van der Waals surface area (Å²) in [7, 11) is 0. The Labute approximate surface area is 203 Å². The lowest BCUT2D eigenvalue weighted by atomic mass is 10.1. The molecule has 0 radical (unpaired) electrons. The fourth-order valence-corrected chi connectivity index (χ4v) is 4.59. The Kier molecular flexibility index (Phi) is 6.54. The standard InChI is InChI=1S/C27H25ClN4O2/c28-23-9-6-21(7-10-23)27-25(18-31-14-12-30(13-15-31)17-24(34)19-33)32-16-22(8-11-26(32)29-27)20-4-2-1-3-5-20/h1-11,16,19H,12-15,17-18H2. The van der Waals surface area contributed by atoms with Crippen LogP contribution in [0.4, 0.5) is 0 Å². The number of hydrogen-bond acceptors (Lipinski definition) is 5. The number of halogens is 1. The minimum atomic E-state index is -0.367. The van der Waals surface area contributed by atoms with E-state index in [1.807, 2.05) is 47.4 Å². The molecule has 0 saturated carbocycles. The topological polar surface area (TPSA) is 57.9 Å². The lowest BCUT2D eigenvalue weighted by Crippen LogP contribution is -2.47. The molecule has 0 unspecified atom stereocenters. The average Bonchev–Trinajstić information content (AvgIpc) is 3.23. The molecule has 3 heterocycles. The van der Waals surface area contributed by atoms with E-state index in [1.54, 1.807) is 0 Å². The Morgan fingerprint density at radius 1 is 0.853 bits per heavy atom. The summed E-state index contributed by atoms with van der Waals surface area (Å²) in [4.78, 5) is 31.6. The van der Waals surface area contributed by atoms with Crippen LogP contribution >= 0.6 is 11.6 Å². The van der Waals surface area contributed by atoms with E-state index in [0.717, 1.165) is 66.4 Å². The number of pyridine rings is 1. The van der Waals surface area contributed by atoms with Gasteiger partial charge in [0.05, 0.1) is 17.9 Å². The molecule has 0 amide bonds. The predicted octanol–water partition coefficient (Wildman–Crippen LogP) is 4.21. The number of aldehydes is 1. The van der Waals surface area contributed by atoms with E-state index < -0.39 is 0 Å². The average molecular weight is 473 g/mol. The Balaban J connectivity index is 1.49. The lowest BCUT2D eigenvalue weighted by molar-refractivity contribution is -0.130. The third-order valence-corrected chi connectivity index (χ3v) is 6.54. The first-order valence-corrected chi connectivity index (χ1v) is 11.7. The van der Waals surface area contributed by atoms with E-state index in [0.29, 0.717) is 11.3 Å². The van der Waals surface area contributed by atoms with E-state index >= 15 is 0 Å². The van der Waals surface area contributed by atoms with Crippen LogP contribution in [-0.4, -0.2) is 64.0 Å². The molecule has 4 aromatic rings. The van der Waals surface area contributed by atoms with Crippen LogP contribution in [0.15, 0.2) is 72.9 Å². The largest absolute Gasteiger partial charge is 0.301 e. The van der Waals surface area contributed by atoms with Crippen molar-refractivity contribution in [1.29, 1.82) is 0 Å². The molecule has 1 saturated heterocycles. The highest BCUT2D eigenvalue weighted by atomic mass is 35.5. The molecule has 2 aromatic heterocycles. The third kappa shape index (κ3) is 4.80. The molecule has 0 spiro atoms. The highest BCUT2D eigenvalue weighted by Gasteiger charge is 2.22. The van der Waals surface area contributed by atoms with Gasteiger partial charge in [-0.3, -0.25) is 19.4 Å². The van der Waals surface area contributed by atoms with Crippen LogP contribution in [0.3, 0.4) is 0 Å². The van der Waals surface area contributed by atoms with Crippen molar-refractivity contribution in [1.82, 2.24) is 19.2 Å². The van der Waals surface area contributed by atoms with Gasteiger partial charge in [-0.25, -0.2) is 4.98 Å². The van der Waals surface area contributed by atoms with Gasteiger partial charge in [0.15, 0.2) is 6.29 Å². The summed E-state index contributed by atoms with van der Waals surface area (Å²) >= 11 is 6.14. The Hall–Kier alpha value is -3.32. The molecule has 34 heavy (non-hydrogen) atoms. The molecule has 6 nitrogen and oxygen atoms in total. The van der Waals surface area contributed by atoms with E-state index in [9.17, 15) is 9.59 Å². The maximum Gasteiger partial charge on any atom is 0.209 e. The Bertz CT molecular complexity index is 1310. The van der Waals surface area contributed by atoms with Gasteiger partial charge in [0.2, 0.25) is 5.78 Å². The first-order valence-electron chi connectivity index (χ1n) is 11.4. The summed E-state index contributed by atoms with van der Waals surface area (Å²) in [5, 5.41) is 0.696. The van der Waals surface area contributed by atoms with Crippen molar-refractivity contribution in [2.45, 2.75) is 6.54 Å². The van der Waals surface area contributed by atoms with Crippen molar-refractivity contribution in [2.24, 2.45) is 0 Å². The number of rotatable bonds is 7. The summed E-state index contributed by atoms with van der Waals surface area (Å²) in [6.45, 7) is 4.07. The van der Waals surface area contributed by atoms with Crippen LogP contribution in [-0.2, 0) is 16.1 Å². The summed E-state index contributed by atoms with van der Waals surface area (Å²) < 4.78 is 2.19. The summed E-state index contributed by atoms with van der Waals surface area (Å²) in [5.74, 6) is -0.367. The van der Waals surface area contributed by atoms with Gasteiger partial charge in [-0.05, 0) is 35.4 Å². The molecule has 1 fully saturated rings. The monoisotopic (exact) mass is 472 g/mol. The van der Waals surface area contributed by atoms with Crippen molar-refractivity contribution < 1.29 is 9.59 Å². The van der Waals surface area contributed by atoms with Gasteiger partial charge in [-0.2, -0.15) is 0 Å². The van der Waals surface area contributed by atoms with Gasteiger partial charge in [0.1, 0.15) is 5.65 Å². The van der Waals surface area contributed by atoms with E-state index in [-0.39, 0.29) is 12.3 Å². The number of ketones is 1. The number of nitrogens with zero attached hydrogens (tertiary/aromatic N) is 4. The van der Waals surface area contributed by atoms with Gasteiger partial charge in [-0.15, -0.1) is 0 Å².